The Balaban J connectivity index is 1.49. The molecule has 0 bridgehead atoms. The predicted molar refractivity (Wildman–Crippen MR) is 137 cm³/mol. The minimum atomic E-state index is -0.522. The van der Waals surface area contributed by atoms with Gasteiger partial charge in [-0.15, -0.1) is 0 Å². The fraction of sp³-hybridized carbons (Fsp3) is 0.115. The SMILES string of the molecule is Cc1cccc(NC(=O)COc2ccc(Br)cc2/C=C2\SC(=O)N(Cc3ccccc3F)C2=O)c1. The van der Waals surface area contributed by atoms with Gasteiger partial charge < -0.3 is 10.1 Å². The Kier molecular flexibility index (Phi) is 7.67. The van der Waals surface area contributed by atoms with E-state index in [2.05, 4.69) is 21.2 Å². The number of hydrogen-bond donors (Lipinski definition) is 1. The molecule has 1 saturated heterocycles. The van der Waals surface area contributed by atoms with Gasteiger partial charge in [-0.3, -0.25) is 19.3 Å². The summed E-state index contributed by atoms with van der Waals surface area (Å²) in [4.78, 5) is 38.9. The van der Waals surface area contributed by atoms with E-state index >= 15 is 0 Å². The third-order valence-corrected chi connectivity index (χ3v) is 6.48. The highest BCUT2D eigenvalue weighted by Gasteiger charge is 2.35. The second-order valence-electron chi connectivity index (χ2n) is 7.75. The molecule has 1 fully saturated rings. The van der Waals surface area contributed by atoms with Crippen LogP contribution in [0.3, 0.4) is 0 Å². The Morgan fingerprint density at radius 1 is 1.11 bits per heavy atom. The summed E-state index contributed by atoms with van der Waals surface area (Å²) in [6.45, 7) is 1.53. The average Bonchev–Trinajstić information content (AvgIpc) is 3.07. The Labute approximate surface area is 214 Å². The molecule has 3 aromatic rings. The summed E-state index contributed by atoms with van der Waals surface area (Å²) in [5.74, 6) is -0.975. The molecule has 1 N–H and O–H groups in total. The van der Waals surface area contributed by atoms with Gasteiger partial charge in [0.2, 0.25) is 0 Å². The summed E-state index contributed by atoms with van der Waals surface area (Å²) in [6.07, 6.45) is 1.53. The molecule has 4 rings (SSSR count). The van der Waals surface area contributed by atoms with Crippen LogP contribution in [0.15, 0.2) is 76.1 Å². The smallest absolute Gasteiger partial charge is 0.293 e. The number of ether oxygens (including phenoxy) is 1. The highest BCUT2D eigenvalue weighted by Crippen LogP contribution is 2.36. The third-order valence-electron chi connectivity index (χ3n) is 5.08. The summed E-state index contributed by atoms with van der Waals surface area (Å²) >= 11 is 4.16. The average molecular weight is 555 g/mol. The highest BCUT2D eigenvalue weighted by molar-refractivity contribution is 9.10. The number of carbonyl (C=O) groups is 3. The molecule has 0 spiro atoms. The molecule has 1 aliphatic heterocycles. The van der Waals surface area contributed by atoms with Crippen molar-refractivity contribution in [3.05, 3.63) is 98.6 Å². The summed E-state index contributed by atoms with van der Waals surface area (Å²) in [5.41, 5.74) is 2.45. The zero-order valence-electron chi connectivity index (χ0n) is 18.6. The highest BCUT2D eigenvalue weighted by atomic mass is 79.9. The van der Waals surface area contributed by atoms with Crippen molar-refractivity contribution in [2.24, 2.45) is 0 Å². The fourth-order valence-corrected chi connectivity index (χ4v) is 4.61. The molecule has 35 heavy (non-hydrogen) atoms. The van der Waals surface area contributed by atoms with E-state index in [1.165, 1.54) is 18.2 Å². The van der Waals surface area contributed by atoms with Crippen LogP contribution in [0.25, 0.3) is 6.08 Å². The van der Waals surface area contributed by atoms with Gasteiger partial charge in [0.05, 0.1) is 11.4 Å². The van der Waals surface area contributed by atoms with Crippen molar-refractivity contribution >= 4 is 56.5 Å². The quantitative estimate of drug-likeness (QED) is 0.354. The second kappa shape index (κ2) is 10.9. The number of rotatable bonds is 7. The van der Waals surface area contributed by atoms with Crippen LogP contribution in [-0.2, 0) is 16.1 Å². The van der Waals surface area contributed by atoms with Crippen LogP contribution in [0.1, 0.15) is 16.7 Å². The molecule has 6 nitrogen and oxygen atoms in total. The first-order valence-electron chi connectivity index (χ1n) is 10.6. The minimum absolute atomic E-state index is 0.157. The molecule has 0 saturated carbocycles. The van der Waals surface area contributed by atoms with Crippen molar-refractivity contribution in [2.45, 2.75) is 13.5 Å². The number of nitrogens with zero attached hydrogens (tertiary/aromatic N) is 1. The first-order valence-corrected chi connectivity index (χ1v) is 12.2. The number of halogens is 2. The van der Waals surface area contributed by atoms with E-state index < -0.39 is 17.0 Å². The van der Waals surface area contributed by atoms with Gasteiger partial charge in [0.15, 0.2) is 6.61 Å². The molecule has 0 radical (unpaired) electrons. The van der Waals surface area contributed by atoms with Gasteiger partial charge in [-0.1, -0.05) is 46.3 Å². The molecule has 3 aromatic carbocycles. The van der Waals surface area contributed by atoms with Crippen molar-refractivity contribution in [1.29, 1.82) is 0 Å². The van der Waals surface area contributed by atoms with Crippen LogP contribution in [0.4, 0.5) is 14.9 Å². The normalized spacial score (nSPS) is 14.5. The lowest BCUT2D eigenvalue weighted by atomic mass is 10.1. The van der Waals surface area contributed by atoms with Crippen molar-refractivity contribution in [3.63, 3.8) is 0 Å². The molecular weight excluding hydrogens is 535 g/mol. The summed E-state index contributed by atoms with van der Waals surface area (Å²) in [5, 5.41) is 2.29. The lowest BCUT2D eigenvalue weighted by Gasteiger charge is -2.13. The lowest BCUT2D eigenvalue weighted by molar-refractivity contribution is -0.123. The van der Waals surface area contributed by atoms with Crippen LogP contribution >= 0.6 is 27.7 Å². The zero-order valence-corrected chi connectivity index (χ0v) is 21.0. The van der Waals surface area contributed by atoms with Gasteiger partial charge in [0.1, 0.15) is 11.6 Å². The molecule has 0 unspecified atom stereocenters. The summed E-state index contributed by atoms with van der Waals surface area (Å²) < 4.78 is 20.5. The number of imide groups is 1. The maximum atomic E-state index is 14.0. The van der Waals surface area contributed by atoms with E-state index in [9.17, 15) is 18.8 Å². The second-order valence-corrected chi connectivity index (χ2v) is 9.66. The Hall–Kier alpha value is -3.43. The monoisotopic (exact) mass is 554 g/mol. The minimum Gasteiger partial charge on any atom is -0.483 e. The van der Waals surface area contributed by atoms with Crippen molar-refractivity contribution in [1.82, 2.24) is 4.90 Å². The zero-order chi connectivity index (χ0) is 24.9. The molecule has 0 aromatic heterocycles. The van der Waals surface area contributed by atoms with Gasteiger partial charge in [0, 0.05) is 21.3 Å². The molecule has 3 amide bonds. The van der Waals surface area contributed by atoms with Crippen molar-refractivity contribution in [3.8, 4) is 5.75 Å². The van der Waals surface area contributed by atoms with Gasteiger partial charge in [-0.25, -0.2) is 4.39 Å². The van der Waals surface area contributed by atoms with Gasteiger partial charge in [0.25, 0.3) is 17.1 Å². The third kappa shape index (κ3) is 6.17. The van der Waals surface area contributed by atoms with E-state index in [0.29, 0.717) is 17.0 Å². The van der Waals surface area contributed by atoms with E-state index in [4.69, 9.17) is 4.74 Å². The van der Waals surface area contributed by atoms with Crippen LogP contribution in [0, 0.1) is 12.7 Å². The van der Waals surface area contributed by atoms with E-state index in [1.54, 1.807) is 36.4 Å². The summed E-state index contributed by atoms with van der Waals surface area (Å²) in [7, 11) is 0. The van der Waals surface area contributed by atoms with Crippen LogP contribution in [0.5, 0.6) is 5.75 Å². The first kappa shape index (κ1) is 24.7. The van der Waals surface area contributed by atoms with Crippen molar-refractivity contribution in [2.75, 3.05) is 11.9 Å². The number of hydrogen-bond acceptors (Lipinski definition) is 5. The number of aryl methyl sites for hydroxylation is 1. The predicted octanol–water partition coefficient (Wildman–Crippen LogP) is 6.15. The number of carbonyl (C=O) groups excluding carboxylic acids is 3. The molecule has 0 atom stereocenters. The fourth-order valence-electron chi connectivity index (χ4n) is 3.40. The molecule has 1 heterocycles. The maximum Gasteiger partial charge on any atom is 0.293 e. The number of amides is 3. The number of nitrogens with one attached hydrogen (secondary N) is 1. The van der Waals surface area contributed by atoms with E-state index in [-0.39, 0.29) is 29.5 Å². The van der Waals surface area contributed by atoms with Crippen LogP contribution in [-0.4, -0.2) is 28.6 Å². The van der Waals surface area contributed by atoms with E-state index in [0.717, 1.165) is 26.7 Å². The topological polar surface area (TPSA) is 75.7 Å². The van der Waals surface area contributed by atoms with Crippen LogP contribution < -0.4 is 10.1 Å². The Morgan fingerprint density at radius 3 is 2.69 bits per heavy atom. The largest absolute Gasteiger partial charge is 0.483 e. The molecule has 9 heteroatoms. The number of thioether (sulfide) groups is 1. The van der Waals surface area contributed by atoms with Gasteiger partial charge in [-0.05, 0) is 66.7 Å². The van der Waals surface area contributed by atoms with E-state index in [1.807, 2.05) is 25.1 Å². The molecule has 0 aliphatic carbocycles. The molecule has 178 valence electrons. The van der Waals surface area contributed by atoms with Crippen molar-refractivity contribution < 1.29 is 23.5 Å². The maximum absolute atomic E-state index is 14.0. The van der Waals surface area contributed by atoms with Crippen LogP contribution in [0.2, 0.25) is 0 Å². The number of benzene rings is 3. The standard InChI is InChI=1S/C26H20BrFN2O4S/c1-16-5-4-7-20(11-16)29-24(31)15-34-22-10-9-19(27)12-18(22)13-23-25(32)30(26(33)35-23)14-17-6-2-3-8-21(17)28/h2-13H,14-15H2,1H3,(H,29,31)/b23-13-. The molecule has 1 aliphatic rings. The lowest BCUT2D eigenvalue weighted by Crippen LogP contribution is -2.27. The first-order chi connectivity index (χ1) is 16.8. The number of anilines is 1. The van der Waals surface area contributed by atoms with Gasteiger partial charge >= 0.3 is 0 Å². The Morgan fingerprint density at radius 2 is 1.91 bits per heavy atom. The summed E-state index contributed by atoms with van der Waals surface area (Å²) in [6, 6.07) is 18.5. The Bertz CT molecular complexity index is 1340. The molecular formula is C26H20BrFN2O4S. The van der Waals surface area contributed by atoms with Gasteiger partial charge in [-0.2, -0.15) is 0 Å².